The van der Waals surface area contributed by atoms with Gasteiger partial charge in [0.15, 0.2) is 0 Å². The minimum Gasteiger partial charge on any atom is -0.0874 e. The Labute approximate surface area is 127 Å². The van der Waals surface area contributed by atoms with Crippen molar-refractivity contribution in [3.8, 4) is 0 Å². The van der Waals surface area contributed by atoms with E-state index in [2.05, 4.69) is 38.2 Å². The number of allylic oxidation sites excluding steroid dienone is 6. The number of unbranched alkanes of at least 4 members (excludes halogenated alkanes) is 8. The van der Waals surface area contributed by atoms with Crippen LogP contribution in [0.1, 0.15) is 90.9 Å². The third kappa shape index (κ3) is 8.40. The average Bonchev–Trinajstić information content (AvgIpc) is 2.40. The molecule has 0 unspecified atom stereocenters. The van der Waals surface area contributed by atoms with E-state index in [-0.39, 0.29) is 0 Å². The van der Waals surface area contributed by atoms with E-state index in [4.69, 9.17) is 0 Å². The molecule has 1 aliphatic rings. The monoisotopic (exact) mass is 274 g/mol. The van der Waals surface area contributed by atoms with Gasteiger partial charge in [0.05, 0.1) is 0 Å². The predicted octanol–water partition coefficient (Wildman–Crippen LogP) is 7.13. The largest absolute Gasteiger partial charge is 0.0874 e. The van der Waals surface area contributed by atoms with Gasteiger partial charge in [0.1, 0.15) is 0 Å². The molecule has 0 aliphatic heterocycles. The van der Waals surface area contributed by atoms with Crippen LogP contribution in [0.25, 0.3) is 0 Å². The first-order valence-electron chi connectivity index (χ1n) is 8.89. The van der Waals surface area contributed by atoms with E-state index in [1.54, 1.807) is 5.57 Å². The SMILES string of the molecule is C/C=C\C(=C/C1=CCC1)CCCCCCCCCCC. The first kappa shape index (κ1) is 17.3. The molecule has 0 saturated carbocycles. The van der Waals surface area contributed by atoms with Crippen molar-refractivity contribution in [2.45, 2.75) is 90.9 Å². The summed E-state index contributed by atoms with van der Waals surface area (Å²) in [7, 11) is 0. The lowest BCUT2D eigenvalue weighted by Gasteiger charge is -2.11. The summed E-state index contributed by atoms with van der Waals surface area (Å²) in [5.74, 6) is 0. The third-order valence-electron chi connectivity index (χ3n) is 4.16. The van der Waals surface area contributed by atoms with E-state index in [1.165, 1.54) is 82.6 Å². The molecule has 0 aromatic rings. The van der Waals surface area contributed by atoms with Crippen molar-refractivity contribution in [2.75, 3.05) is 0 Å². The maximum absolute atomic E-state index is 2.41. The molecule has 0 bridgehead atoms. The van der Waals surface area contributed by atoms with Crippen LogP contribution in [0.2, 0.25) is 0 Å². The fourth-order valence-electron chi connectivity index (χ4n) is 2.74. The van der Waals surface area contributed by atoms with Crippen LogP contribution in [0.15, 0.2) is 35.5 Å². The molecule has 0 amide bonds. The van der Waals surface area contributed by atoms with E-state index in [1.807, 2.05) is 0 Å². The molecule has 0 radical (unpaired) electrons. The van der Waals surface area contributed by atoms with E-state index < -0.39 is 0 Å². The Balaban J connectivity index is 2.02. The van der Waals surface area contributed by atoms with Crippen LogP contribution in [0.5, 0.6) is 0 Å². The minimum absolute atomic E-state index is 1.26. The van der Waals surface area contributed by atoms with Crippen LogP contribution >= 0.6 is 0 Å². The zero-order valence-corrected chi connectivity index (χ0v) is 13.8. The van der Waals surface area contributed by atoms with E-state index in [0.29, 0.717) is 0 Å². The quantitative estimate of drug-likeness (QED) is 0.262. The Bertz CT molecular complexity index is 317. The predicted molar refractivity (Wildman–Crippen MR) is 92.1 cm³/mol. The van der Waals surface area contributed by atoms with Crippen molar-refractivity contribution in [3.63, 3.8) is 0 Å². The van der Waals surface area contributed by atoms with Gasteiger partial charge in [-0.1, -0.05) is 88.2 Å². The molecule has 0 aromatic carbocycles. The van der Waals surface area contributed by atoms with E-state index >= 15 is 0 Å². The standard InChI is InChI=1S/C20H34/c1-3-5-6-7-8-9-10-11-12-15-19(14-4-2)18-20-16-13-17-20/h4,14,16,18H,3,5-13,15,17H2,1-2H3/b14-4-,19-18+. The van der Waals surface area contributed by atoms with Gasteiger partial charge >= 0.3 is 0 Å². The van der Waals surface area contributed by atoms with Crippen LogP contribution in [0.3, 0.4) is 0 Å². The molecule has 0 fully saturated rings. The van der Waals surface area contributed by atoms with Gasteiger partial charge in [0.2, 0.25) is 0 Å². The van der Waals surface area contributed by atoms with Crippen LogP contribution in [0.4, 0.5) is 0 Å². The topological polar surface area (TPSA) is 0 Å². The molecule has 0 saturated heterocycles. The van der Waals surface area contributed by atoms with Gasteiger partial charge < -0.3 is 0 Å². The summed E-state index contributed by atoms with van der Waals surface area (Å²) in [6.07, 6.45) is 25.8. The van der Waals surface area contributed by atoms with E-state index in [9.17, 15) is 0 Å². The average molecular weight is 274 g/mol. The highest BCUT2D eigenvalue weighted by Gasteiger charge is 2.03. The summed E-state index contributed by atoms with van der Waals surface area (Å²) in [6, 6.07) is 0. The molecule has 0 atom stereocenters. The Morgan fingerprint density at radius 3 is 2.10 bits per heavy atom. The summed E-state index contributed by atoms with van der Waals surface area (Å²) in [4.78, 5) is 0. The highest BCUT2D eigenvalue weighted by molar-refractivity contribution is 5.33. The van der Waals surface area contributed by atoms with Crippen molar-refractivity contribution >= 4 is 0 Å². The van der Waals surface area contributed by atoms with Gasteiger partial charge in [-0.3, -0.25) is 0 Å². The van der Waals surface area contributed by atoms with E-state index in [0.717, 1.165) is 0 Å². The van der Waals surface area contributed by atoms with Gasteiger partial charge in [-0.05, 0) is 38.2 Å². The van der Waals surface area contributed by atoms with Crippen LogP contribution in [0, 0.1) is 0 Å². The molecule has 0 nitrogen and oxygen atoms in total. The van der Waals surface area contributed by atoms with Crippen molar-refractivity contribution in [2.24, 2.45) is 0 Å². The number of hydrogen-bond donors (Lipinski definition) is 0. The zero-order chi connectivity index (χ0) is 14.5. The summed E-state index contributed by atoms with van der Waals surface area (Å²) >= 11 is 0. The Kier molecular flexibility index (Phi) is 10.4. The lowest BCUT2D eigenvalue weighted by atomic mass is 9.94. The minimum atomic E-state index is 1.26. The van der Waals surface area contributed by atoms with Crippen molar-refractivity contribution in [1.82, 2.24) is 0 Å². The highest BCUT2D eigenvalue weighted by Crippen LogP contribution is 2.23. The highest BCUT2D eigenvalue weighted by atomic mass is 14.1. The lowest BCUT2D eigenvalue weighted by Crippen LogP contribution is -1.92. The fraction of sp³-hybridized carbons (Fsp3) is 0.700. The van der Waals surface area contributed by atoms with Crippen molar-refractivity contribution in [3.05, 3.63) is 35.5 Å². The van der Waals surface area contributed by atoms with Crippen LogP contribution in [-0.4, -0.2) is 0 Å². The second-order valence-electron chi connectivity index (χ2n) is 6.12. The smallest absolute Gasteiger partial charge is 0.0247 e. The van der Waals surface area contributed by atoms with Gasteiger partial charge in [-0.15, -0.1) is 0 Å². The molecule has 114 valence electrons. The molecule has 0 spiro atoms. The molecular formula is C20H34. The zero-order valence-electron chi connectivity index (χ0n) is 13.8. The fourth-order valence-corrected chi connectivity index (χ4v) is 2.74. The summed E-state index contributed by atoms with van der Waals surface area (Å²) in [5, 5.41) is 0. The molecule has 1 rings (SSSR count). The first-order valence-corrected chi connectivity index (χ1v) is 8.89. The normalized spacial score (nSPS) is 15.5. The van der Waals surface area contributed by atoms with Gasteiger partial charge in [-0.2, -0.15) is 0 Å². The molecule has 0 aromatic heterocycles. The van der Waals surface area contributed by atoms with Gasteiger partial charge in [-0.25, -0.2) is 0 Å². The lowest BCUT2D eigenvalue weighted by molar-refractivity contribution is 0.565. The summed E-state index contributed by atoms with van der Waals surface area (Å²) in [6.45, 7) is 4.41. The molecule has 0 heteroatoms. The second kappa shape index (κ2) is 12.0. The Hall–Kier alpha value is -0.780. The van der Waals surface area contributed by atoms with Gasteiger partial charge in [0, 0.05) is 0 Å². The maximum atomic E-state index is 2.41. The number of hydrogen-bond acceptors (Lipinski definition) is 0. The summed E-state index contributed by atoms with van der Waals surface area (Å²) < 4.78 is 0. The second-order valence-corrected chi connectivity index (χ2v) is 6.12. The number of rotatable bonds is 12. The summed E-state index contributed by atoms with van der Waals surface area (Å²) in [5.41, 5.74) is 3.08. The molecular weight excluding hydrogens is 240 g/mol. The molecule has 20 heavy (non-hydrogen) atoms. The molecule has 0 heterocycles. The Morgan fingerprint density at radius 2 is 1.60 bits per heavy atom. The van der Waals surface area contributed by atoms with Gasteiger partial charge in [0.25, 0.3) is 0 Å². The third-order valence-corrected chi connectivity index (χ3v) is 4.16. The van der Waals surface area contributed by atoms with Crippen LogP contribution in [-0.2, 0) is 0 Å². The molecule has 0 N–H and O–H groups in total. The van der Waals surface area contributed by atoms with Crippen LogP contribution < -0.4 is 0 Å². The maximum Gasteiger partial charge on any atom is -0.0247 e. The Morgan fingerprint density at radius 1 is 1.00 bits per heavy atom. The van der Waals surface area contributed by atoms with Crippen molar-refractivity contribution < 1.29 is 0 Å². The molecule has 1 aliphatic carbocycles. The van der Waals surface area contributed by atoms with Crippen molar-refractivity contribution in [1.29, 1.82) is 0 Å². The first-order chi connectivity index (χ1) is 9.86.